The van der Waals surface area contributed by atoms with E-state index in [4.69, 9.17) is 5.11 Å². The van der Waals surface area contributed by atoms with E-state index >= 15 is 0 Å². The van der Waals surface area contributed by atoms with Crippen molar-refractivity contribution >= 4 is 6.09 Å². The van der Waals surface area contributed by atoms with Gasteiger partial charge in [-0.3, -0.25) is 0 Å². The Bertz CT molecular complexity index is 180. The van der Waals surface area contributed by atoms with Crippen molar-refractivity contribution < 1.29 is 9.90 Å². The van der Waals surface area contributed by atoms with Crippen molar-refractivity contribution in [3.8, 4) is 0 Å². The predicted molar refractivity (Wildman–Crippen MR) is 23.4 cm³/mol. The maximum absolute atomic E-state index is 9.90. The third-order valence-corrected chi connectivity index (χ3v) is 0.590. The quantitative estimate of drug-likeness (QED) is 0.506. The van der Waals surface area contributed by atoms with Crippen LogP contribution in [-0.4, -0.2) is 26.2 Å². The van der Waals surface area contributed by atoms with Crippen molar-refractivity contribution in [3.63, 3.8) is 0 Å². The van der Waals surface area contributed by atoms with E-state index in [2.05, 4.69) is 10.2 Å². The number of rotatable bonds is 0. The van der Waals surface area contributed by atoms with Gasteiger partial charge in [-0.2, -0.15) is 10.2 Å². The lowest BCUT2D eigenvalue weighted by Gasteiger charge is -1.82. The van der Waals surface area contributed by atoms with Gasteiger partial charge in [0.15, 0.2) is 0 Å². The zero-order chi connectivity index (χ0) is 5.98. The molecule has 1 aromatic rings. The molecule has 5 nitrogen and oxygen atoms in total. The average molecular weight is 113 g/mol. The minimum Gasteiger partial charge on any atom is -0.462 e. The van der Waals surface area contributed by atoms with E-state index in [1.165, 1.54) is 12.4 Å². The standard InChI is InChI=1S/C3H3N3O2/c7-3(8)6-4-1-2-5-6/h1-2H,(H,7,8). The van der Waals surface area contributed by atoms with Gasteiger partial charge < -0.3 is 5.11 Å². The van der Waals surface area contributed by atoms with Crippen LogP contribution in [0, 0.1) is 0 Å². The number of hydrogen-bond donors (Lipinski definition) is 1. The van der Waals surface area contributed by atoms with Crippen LogP contribution in [0.2, 0.25) is 0 Å². The molecule has 0 bridgehead atoms. The fraction of sp³-hybridized carbons (Fsp3) is 0. The second-order valence-corrected chi connectivity index (χ2v) is 1.10. The number of carbonyl (C=O) groups is 1. The first-order valence-electron chi connectivity index (χ1n) is 1.90. The lowest BCUT2D eigenvalue weighted by Crippen LogP contribution is -2.10. The summed E-state index contributed by atoms with van der Waals surface area (Å²) >= 11 is 0. The second-order valence-electron chi connectivity index (χ2n) is 1.10. The largest absolute Gasteiger partial charge is 0.462 e. The first kappa shape index (κ1) is 4.76. The number of carboxylic acid groups (broad SMARTS) is 1. The van der Waals surface area contributed by atoms with Crippen LogP contribution in [0.4, 0.5) is 4.79 Å². The fourth-order valence-electron chi connectivity index (χ4n) is 0.315. The molecular weight excluding hydrogens is 110 g/mol. The van der Waals surface area contributed by atoms with Crippen molar-refractivity contribution in [1.29, 1.82) is 0 Å². The Kier molecular flexibility index (Phi) is 0.957. The maximum Gasteiger partial charge on any atom is 0.449 e. The van der Waals surface area contributed by atoms with E-state index in [9.17, 15) is 4.79 Å². The Balaban J connectivity index is 2.93. The highest BCUT2D eigenvalue weighted by molar-refractivity contribution is 5.64. The summed E-state index contributed by atoms with van der Waals surface area (Å²) in [5.41, 5.74) is 0. The molecule has 0 aliphatic carbocycles. The maximum atomic E-state index is 9.90. The minimum absolute atomic E-state index is 0.583. The molecule has 1 rings (SSSR count). The zero-order valence-electron chi connectivity index (χ0n) is 3.85. The normalized spacial score (nSPS) is 9.00. The van der Waals surface area contributed by atoms with Gasteiger partial charge in [-0.25, -0.2) is 4.79 Å². The highest BCUT2D eigenvalue weighted by Gasteiger charge is 1.97. The third-order valence-electron chi connectivity index (χ3n) is 0.590. The number of aromatic nitrogens is 3. The molecular formula is C3H3N3O2. The molecule has 1 aromatic heterocycles. The lowest BCUT2D eigenvalue weighted by atomic mass is 11.0. The molecule has 8 heavy (non-hydrogen) atoms. The summed E-state index contributed by atoms with van der Waals surface area (Å²) < 4.78 is 0. The zero-order valence-corrected chi connectivity index (χ0v) is 3.85. The van der Waals surface area contributed by atoms with Crippen LogP contribution in [-0.2, 0) is 0 Å². The van der Waals surface area contributed by atoms with Crippen molar-refractivity contribution in [1.82, 2.24) is 15.0 Å². The molecule has 5 heteroatoms. The first-order chi connectivity index (χ1) is 3.80. The summed E-state index contributed by atoms with van der Waals surface area (Å²) in [4.78, 5) is 10.5. The third kappa shape index (κ3) is 0.651. The SMILES string of the molecule is O=C(O)n1nccn1. The van der Waals surface area contributed by atoms with E-state index in [1.807, 2.05) is 0 Å². The van der Waals surface area contributed by atoms with E-state index in [0.717, 1.165) is 0 Å². The molecule has 0 spiro atoms. The van der Waals surface area contributed by atoms with Crippen LogP contribution < -0.4 is 0 Å². The Labute approximate surface area is 44.5 Å². The summed E-state index contributed by atoms with van der Waals surface area (Å²) in [7, 11) is 0. The lowest BCUT2D eigenvalue weighted by molar-refractivity contribution is 0.188. The van der Waals surface area contributed by atoms with E-state index in [1.54, 1.807) is 0 Å². The Morgan fingerprint density at radius 3 is 2.25 bits per heavy atom. The molecule has 0 saturated carbocycles. The van der Waals surface area contributed by atoms with Gasteiger partial charge in [0.2, 0.25) is 0 Å². The molecule has 0 amide bonds. The first-order valence-corrected chi connectivity index (χ1v) is 1.90. The van der Waals surface area contributed by atoms with E-state index in [0.29, 0.717) is 4.80 Å². The van der Waals surface area contributed by atoms with Gasteiger partial charge in [0.1, 0.15) is 0 Å². The Morgan fingerprint density at radius 1 is 1.50 bits per heavy atom. The molecule has 1 N–H and O–H groups in total. The molecule has 42 valence electrons. The highest BCUT2D eigenvalue weighted by Crippen LogP contribution is 1.73. The second kappa shape index (κ2) is 1.61. The van der Waals surface area contributed by atoms with Gasteiger partial charge in [-0.05, 0) is 0 Å². The Hall–Kier alpha value is -1.39. The molecule has 0 unspecified atom stereocenters. The van der Waals surface area contributed by atoms with Crippen molar-refractivity contribution in [2.75, 3.05) is 0 Å². The molecule has 1 heterocycles. The van der Waals surface area contributed by atoms with Crippen molar-refractivity contribution in [2.24, 2.45) is 0 Å². The number of hydrogen-bond acceptors (Lipinski definition) is 3. The minimum atomic E-state index is -1.17. The summed E-state index contributed by atoms with van der Waals surface area (Å²) in [5, 5.41) is 14.8. The van der Waals surface area contributed by atoms with Gasteiger partial charge >= 0.3 is 6.09 Å². The van der Waals surface area contributed by atoms with Gasteiger partial charge in [-0.15, -0.1) is 0 Å². The molecule has 0 aromatic carbocycles. The molecule has 0 aliphatic rings. The van der Waals surface area contributed by atoms with Crippen LogP contribution in [0.1, 0.15) is 0 Å². The van der Waals surface area contributed by atoms with Crippen LogP contribution in [0.3, 0.4) is 0 Å². The van der Waals surface area contributed by atoms with Gasteiger partial charge in [0.25, 0.3) is 0 Å². The summed E-state index contributed by atoms with van der Waals surface area (Å²) in [6.07, 6.45) is 1.43. The van der Waals surface area contributed by atoms with Gasteiger partial charge in [0, 0.05) is 0 Å². The topological polar surface area (TPSA) is 68.0 Å². The molecule has 0 atom stereocenters. The summed E-state index contributed by atoms with van der Waals surface area (Å²) in [5.74, 6) is 0. The predicted octanol–water partition coefficient (Wildman–Crippen LogP) is -0.196. The summed E-state index contributed by atoms with van der Waals surface area (Å²) in [6.45, 7) is 0. The van der Waals surface area contributed by atoms with Crippen molar-refractivity contribution in [3.05, 3.63) is 12.4 Å². The summed E-state index contributed by atoms with van der Waals surface area (Å²) in [6, 6.07) is 0. The fourth-order valence-corrected chi connectivity index (χ4v) is 0.315. The van der Waals surface area contributed by atoms with Crippen molar-refractivity contribution in [2.45, 2.75) is 0 Å². The smallest absolute Gasteiger partial charge is 0.449 e. The van der Waals surface area contributed by atoms with Gasteiger partial charge in [0.05, 0.1) is 12.4 Å². The number of nitrogens with zero attached hydrogens (tertiary/aromatic N) is 3. The van der Waals surface area contributed by atoms with Gasteiger partial charge in [-0.1, -0.05) is 4.80 Å². The molecule has 0 fully saturated rings. The average Bonchev–Trinajstić information content (AvgIpc) is 2.12. The van der Waals surface area contributed by atoms with Crippen LogP contribution in [0.25, 0.3) is 0 Å². The monoisotopic (exact) mass is 113 g/mol. The van der Waals surface area contributed by atoms with Crippen LogP contribution in [0.15, 0.2) is 12.4 Å². The highest BCUT2D eigenvalue weighted by atomic mass is 16.4. The molecule has 0 radical (unpaired) electrons. The van der Waals surface area contributed by atoms with E-state index < -0.39 is 6.09 Å². The van der Waals surface area contributed by atoms with Crippen LogP contribution >= 0.6 is 0 Å². The van der Waals surface area contributed by atoms with Crippen LogP contribution in [0.5, 0.6) is 0 Å². The Morgan fingerprint density at radius 2 is 2.00 bits per heavy atom. The van der Waals surface area contributed by atoms with E-state index in [-0.39, 0.29) is 0 Å². The molecule has 0 aliphatic heterocycles. The molecule has 0 saturated heterocycles.